The van der Waals surface area contributed by atoms with Crippen LogP contribution in [-0.4, -0.2) is 40.3 Å². The third kappa shape index (κ3) is 2.75. The van der Waals surface area contributed by atoms with E-state index >= 15 is 0 Å². The van der Waals surface area contributed by atoms with Crippen molar-refractivity contribution in [1.82, 2.24) is 20.2 Å². The lowest BCUT2D eigenvalue weighted by Gasteiger charge is -2.46. The predicted molar refractivity (Wildman–Crippen MR) is 98.2 cm³/mol. The maximum Gasteiger partial charge on any atom is 0.253 e. The molecule has 1 saturated heterocycles. The summed E-state index contributed by atoms with van der Waals surface area (Å²) in [5.41, 5.74) is 2.78. The molecule has 1 atom stereocenters. The van der Waals surface area contributed by atoms with Crippen LogP contribution in [0.25, 0.3) is 11.0 Å². The van der Waals surface area contributed by atoms with Crippen molar-refractivity contribution in [3.05, 3.63) is 47.9 Å². The first kappa shape index (κ1) is 16.7. The standard InChI is InChI=1S/C20H22N4O2/c1-24-16-7-2-3-9-20(16,10-8-17(24)25)13-23-19(26)14-5-4-6-15-18(14)22-12-11-21-15/h4-7,11-12H,2-3,8-10,13H2,1H3,(H,23,26). The van der Waals surface area contributed by atoms with Crippen molar-refractivity contribution in [2.45, 2.75) is 32.1 Å². The van der Waals surface area contributed by atoms with E-state index in [1.807, 2.05) is 19.2 Å². The van der Waals surface area contributed by atoms with E-state index in [2.05, 4.69) is 21.4 Å². The second-order valence-corrected chi connectivity index (χ2v) is 7.13. The fraction of sp³-hybridized carbons (Fsp3) is 0.400. The quantitative estimate of drug-likeness (QED) is 0.923. The van der Waals surface area contributed by atoms with Crippen LogP contribution in [0, 0.1) is 5.41 Å². The Labute approximate surface area is 152 Å². The van der Waals surface area contributed by atoms with Gasteiger partial charge in [0.25, 0.3) is 5.91 Å². The summed E-state index contributed by atoms with van der Waals surface area (Å²) < 4.78 is 0. The Morgan fingerprint density at radius 3 is 3.00 bits per heavy atom. The van der Waals surface area contributed by atoms with Crippen molar-refractivity contribution < 1.29 is 9.59 Å². The molecule has 0 spiro atoms. The van der Waals surface area contributed by atoms with Crippen molar-refractivity contribution >= 4 is 22.8 Å². The Bertz CT molecular complexity index is 902. The first-order valence-electron chi connectivity index (χ1n) is 9.06. The predicted octanol–water partition coefficient (Wildman–Crippen LogP) is 2.67. The lowest BCUT2D eigenvalue weighted by atomic mass is 9.70. The number of benzene rings is 1. The first-order valence-corrected chi connectivity index (χ1v) is 9.06. The number of hydrogen-bond donors (Lipinski definition) is 1. The molecule has 4 rings (SSSR count). The molecule has 2 aromatic rings. The molecule has 6 heteroatoms. The zero-order valence-corrected chi connectivity index (χ0v) is 14.9. The Balaban J connectivity index is 1.58. The van der Waals surface area contributed by atoms with E-state index in [4.69, 9.17) is 0 Å². The van der Waals surface area contributed by atoms with Crippen molar-refractivity contribution in [3.8, 4) is 0 Å². The summed E-state index contributed by atoms with van der Waals surface area (Å²) >= 11 is 0. The maximum atomic E-state index is 12.8. The minimum atomic E-state index is -0.146. The number of nitrogens with zero attached hydrogens (tertiary/aromatic N) is 3. The minimum absolute atomic E-state index is 0.144. The highest BCUT2D eigenvalue weighted by Crippen LogP contribution is 2.45. The zero-order valence-electron chi connectivity index (χ0n) is 14.9. The summed E-state index contributed by atoms with van der Waals surface area (Å²) in [5.74, 6) is 0.0133. The number of aromatic nitrogens is 2. The minimum Gasteiger partial charge on any atom is -0.351 e. The Kier molecular flexibility index (Phi) is 4.18. The fourth-order valence-corrected chi connectivity index (χ4v) is 4.21. The van der Waals surface area contributed by atoms with Gasteiger partial charge in [0.05, 0.1) is 11.1 Å². The molecule has 1 unspecified atom stereocenters. The van der Waals surface area contributed by atoms with Gasteiger partial charge in [0.15, 0.2) is 0 Å². The van der Waals surface area contributed by atoms with E-state index in [1.54, 1.807) is 23.4 Å². The topological polar surface area (TPSA) is 75.2 Å². The van der Waals surface area contributed by atoms with Crippen molar-refractivity contribution in [1.29, 1.82) is 0 Å². The first-order chi connectivity index (χ1) is 12.6. The SMILES string of the molecule is CN1C(=O)CCC2(CNC(=O)c3cccc4nccnc34)CCCC=C12. The molecular weight excluding hydrogens is 328 g/mol. The molecule has 26 heavy (non-hydrogen) atoms. The number of rotatable bonds is 3. The lowest BCUT2D eigenvalue weighted by molar-refractivity contribution is -0.132. The monoisotopic (exact) mass is 350 g/mol. The Hall–Kier alpha value is -2.76. The van der Waals surface area contributed by atoms with Gasteiger partial charge >= 0.3 is 0 Å². The van der Waals surface area contributed by atoms with Crippen LogP contribution in [0.2, 0.25) is 0 Å². The molecule has 0 bridgehead atoms. The molecule has 0 saturated carbocycles. The number of para-hydroxylation sites is 1. The van der Waals surface area contributed by atoms with Crippen molar-refractivity contribution in [2.24, 2.45) is 5.41 Å². The summed E-state index contributed by atoms with van der Waals surface area (Å²) in [5, 5.41) is 3.10. The van der Waals surface area contributed by atoms with Crippen LogP contribution in [0.4, 0.5) is 0 Å². The molecule has 2 aliphatic rings. The van der Waals surface area contributed by atoms with Gasteiger partial charge in [-0.05, 0) is 37.8 Å². The van der Waals surface area contributed by atoms with Gasteiger partial charge in [-0.25, -0.2) is 0 Å². The van der Waals surface area contributed by atoms with Gasteiger partial charge in [0.1, 0.15) is 5.52 Å². The molecular formula is C20H22N4O2. The summed E-state index contributed by atoms with van der Waals surface area (Å²) in [4.78, 5) is 35.3. The average Bonchev–Trinajstić information content (AvgIpc) is 2.69. The number of likely N-dealkylation sites (tertiary alicyclic amines) is 1. The molecule has 1 N–H and O–H groups in total. The molecule has 1 aromatic carbocycles. The molecule has 134 valence electrons. The molecule has 1 aromatic heterocycles. The van der Waals surface area contributed by atoms with Gasteiger partial charge in [-0.1, -0.05) is 12.1 Å². The van der Waals surface area contributed by atoms with Crippen LogP contribution in [0.1, 0.15) is 42.5 Å². The number of allylic oxidation sites excluding steroid dienone is 1. The molecule has 1 fully saturated rings. The van der Waals surface area contributed by atoms with Gasteiger partial charge in [0.2, 0.25) is 5.91 Å². The number of carbonyl (C=O) groups is 2. The van der Waals surface area contributed by atoms with Crippen LogP contribution in [0.15, 0.2) is 42.4 Å². The van der Waals surface area contributed by atoms with Gasteiger partial charge in [-0.3, -0.25) is 19.6 Å². The summed E-state index contributed by atoms with van der Waals surface area (Å²) in [6.07, 6.45) is 9.77. The van der Waals surface area contributed by atoms with E-state index in [-0.39, 0.29) is 17.2 Å². The van der Waals surface area contributed by atoms with Crippen LogP contribution in [0.3, 0.4) is 0 Å². The number of fused-ring (bicyclic) bond motifs is 2. The normalized spacial score (nSPS) is 22.7. The number of carbonyl (C=O) groups excluding carboxylic acids is 2. The second kappa shape index (κ2) is 6.52. The van der Waals surface area contributed by atoms with E-state index in [0.29, 0.717) is 29.6 Å². The fourth-order valence-electron chi connectivity index (χ4n) is 4.21. The molecule has 2 amide bonds. The van der Waals surface area contributed by atoms with Gasteiger partial charge in [0, 0.05) is 43.5 Å². The molecule has 0 radical (unpaired) electrons. The summed E-state index contributed by atoms with van der Waals surface area (Å²) in [7, 11) is 1.84. The molecule has 1 aliphatic heterocycles. The van der Waals surface area contributed by atoms with Gasteiger partial charge in [-0.2, -0.15) is 0 Å². The smallest absolute Gasteiger partial charge is 0.253 e. The highest BCUT2D eigenvalue weighted by Gasteiger charge is 2.43. The highest BCUT2D eigenvalue weighted by atomic mass is 16.2. The van der Waals surface area contributed by atoms with Gasteiger partial charge in [-0.15, -0.1) is 0 Å². The summed E-state index contributed by atoms with van der Waals surface area (Å²) in [6, 6.07) is 5.45. The largest absolute Gasteiger partial charge is 0.351 e. The Morgan fingerprint density at radius 1 is 1.27 bits per heavy atom. The number of nitrogens with one attached hydrogen (secondary N) is 1. The number of hydrogen-bond acceptors (Lipinski definition) is 4. The van der Waals surface area contributed by atoms with E-state index in [1.165, 1.54) is 0 Å². The van der Waals surface area contributed by atoms with Crippen LogP contribution in [-0.2, 0) is 4.79 Å². The number of piperidine rings is 1. The Morgan fingerprint density at radius 2 is 2.12 bits per heavy atom. The number of amides is 2. The van der Waals surface area contributed by atoms with Crippen molar-refractivity contribution in [3.63, 3.8) is 0 Å². The van der Waals surface area contributed by atoms with E-state index in [0.717, 1.165) is 31.4 Å². The molecule has 2 heterocycles. The maximum absolute atomic E-state index is 12.8. The highest BCUT2D eigenvalue weighted by molar-refractivity contribution is 6.04. The molecule has 6 nitrogen and oxygen atoms in total. The van der Waals surface area contributed by atoms with Crippen LogP contribution in [0.5, 0.6) is 0 Å². The van der Waals surface area contributed by atoms with Gasteiger partial charge < -0.3 is 10.2 Å². The molecule has 1 aliphatic carbocycles. The zero-order chi connectivity index (χ0) is 18.1. The average molecular weight is 350 g/mol. The van der Waals surface area contributed by atoms with E-state index < -0.39 is 0 Å². The van der Waals surface area contributed by atoms with E-state index in [9.17, 15) is 9.59 Å². The van der Waals surface area contributed by atoms with Crippen LogP contribution >= 0.6 is 0 Å². The van der Waals surface area contributed by atoms with Crippen LogP contribution < -0.4 is 5.32 Å². The van der Waals surface area contributed by atoms with Crippen molar-refractivity contribution in [2.75, 3.05) is 13.6 Å². The second-order valence-electron chi connectivity index (χ2n) is 7.13. The third-order valence-electron chi connectivity index (χ3n) is 5.62. The third-order valence-corrected chi connectivity index (χ3v) is 5.62. The lowest BCUT2D eigenvalue weighted by Crippen LogP contribution is -2.49. The summed E-state index contributed by atoms with van der Waals surface area (Å²) in [6.45, 7) is 0.534.